The number of nitrogens with zero attached hydrogens (tertiary/aromatic N) is 1. The SMILES string of the molecule is CC(C)CCCCC(C)N1CCCCCC1. The Balaban J connectivity index is 2.10. The van der Waals surface area contributed by atoms with Crippen LogP contribution in [0.15, 0.2) is 0 Å². The molecule has 0 spiro atoms. The molecule has 1 atom stereocenters. The van der Waals surface area contributed by atoms with Gasteiger partial charge in [-0.05, 0) is 45.2 Å². The Morgan fingerprint density at radius 2 is 1.38 bits per heavy atom. The summed E-state index contributed by atoms with van der Waals surface area (Å²) in [7, 11) is 0. The zero-order valence-electron chi connectivity index (χ0n) is 11.7. The van der Waals surface area contributed by atoms with Crippen LogP contribution in [0.5, 0.6) is 0 Å². The highest BCUT2D eigenvalue weighted by molar-refractivity contribution is 4.70. The molecule has 0 amide bonds. The zero-order chi connectivity index (χ0) is 11.8. The molecule has 1 aliphatic heterocycles. The molecule has 1 heteroatoms. The van der Waals surface area contributed by atoms with Gasteiger partial charge in [0.05, 0.1) is 0 Å². The van der Waals surface area contributed by atoms with E-state index in [9.17, 15) is 0 Å². The first-order chi connectivity index (χ1) is 7.70. The van der Waals surface area contributed by atoms with Gasteiger partial charge in [0.2, 0.25) is 0 Å². The topological polar surface area (TPSA) is 3.24 Å². The second-order valence-electron chi connectivity index (χ2n) is 5.98. The molecular weight excluding hydrogens is 194 g/mol. The molecule has 1 unspecified atom stereocenters. The first-order valence-corrected chi connectivity index (χ1v) is 7.44. The lowest BCUT2D eigenvalue weighted by atomic mass is 10.0. The van der Waals surface area contributed by atoms with Gasteiger partial charge in [0.1, 0.15) is 0 Å². The lowest BCUT2D eigenvalue weighted by Crippen LogP contribution is -2.33. The summed E-state index contributed by atoms with van der Waals surface area (Å²) >= 11 is 0. The van der Waals surface area contributed by atoms with Crippen LogP contribution in [0.2, 0.25) is 0 Å². The lowest BCUT2D eigenvalue weighted by molar-refractivity contribution is 0.203. The molecule has 0 aromatic heterocycles. The Labute approximate surface area is 103 Å². The van der Waals surface area contributed by atoms with Gasteiger partial charge in [-0.25, -0.2) is 0 Å². The number of hydrogen-bond acceptors (Lipinski definition) is 1. The molecule has 0 saturated carbocycles. The van der Waals surface area contributed by atoms with Crippen molar-refractivity contribution < 1.29 is 0 Å². The normalized spacial score (nSPS) is 21.0. The molecule has 16 heavy (non-hydrogen) atoms. The van der Waals surface area contributed by atoms with Crippen LogP contribution in [0.25, 0.3) is 0 Å². The Hall–Kier alpha value is -0.0400. The van der Waals surface area contributed by atoms with Crippen molar-refractivity contribution in [2.75, 3.05) is 13.1 Å². The maximum atomic E-state index is 2.72. The van der Waals surface area contributed by atoms with E-state index >= 15 is 0 Å². The molecule has 0 N–H and O–H groups in total. The largest absolute Gasteiger partial charge is 0.301 e. The van der Waals surface area contributed by atoms with Crippen LogP contribution < -0.4 is 0 Å². The van der Waals surface area contributed by atoms with E-state index in [-0.39, 0.29) is 0 Å². The molecule has 1 heterocycles. The Morgan fingerprint density at radius 1 is 0.812 bits per heavy atom. The predicted molar refractivity (Wildman–Crippen MR) is 72.8 cm³/mol. The van der Waals surface area contributed by atoms with Crippen molar-refractivity contribution >= 4 is 0 Å². The zero-order valence-corrected chi connectivity index (χ0v) is 11.7. The highest BCUT2D eigenvalue weighted by Gasteiger charge is 2.14. The van der Waals surface area contributed by atoms with Gasteiger partial charge in [-0.15, -0.1) is 0 Å². The lowest BCUT2D eigenvalue weighted by Gasteiger charge is -2.27. The van der Waals surface area contributed by atoms with E-state index in [1.165, 1.54) is 64.5 Å². The number of unbranched alkanes of at least 4 members (excludes halogenated alkanes) is 1. The molecule has 0 aliphatic carbocycles. The van der Waals surface area contributed by atoms with Crippen LogP contribution in [-0.4, -0.2) is 24.0 Å². The Bertz CT molecular complexity index is 157. The molecule has 96 valence electrons. The quantitative estimate of drug-likeness (QED) is 0.603. The van der Waals surface area contributed by atoms with Crippen molar-refractivity contribution in [3.8, 4) is 0 Å². The molecular formula is C15H31N. The molecule has 0 aromatic carbocycles. The van der Waals surface area contributed by atoms with E-state index in [4.69, 9.17) is 0 Å². The second-order valence-corrected chi connectivity index (χ2v) is 5.98. The molecule has 0 aromatic rings. The van der Waals surface area contributed by atoms with Gasteiger partial charge < -0.3 is 4.90 Å². The number of hydrogen-bond donors (Lipinski definition) is 0. The van der Waals surface area contributed by atoms with Gasteiger partial charge in [-0.2, -0.15) is 0 Å². The average Bonchev–Trinajstić information content (AvgIpc) is 2.52. The minimum Gasteiger partial charge on any atom is -0.301 e. The summed E-state index contributed by atoms with van der Waals surface area (Å²) in [4.78, 5) is 2.72. The summed E-state index contributed by atoms with van der Waals surface area (Å²) < 4.78 is 0. The Morgan fingerprint density at radius 3 is 1.94 bits per heavy atom. The van der Waals surface area contributed by atoms with Gasteiger partial charge in [-0.3, -0.25) is 0 Å². The van der Waals surface area contributed by atoms with Crippen molar-refractivity contribution in [1.29, 1.82) is 0 Å². The van der Waals surface area contributed by atoms with Crippen LogP contribution in [0.1, 0.15) is 72.1 Å². The summed E-state index contributed by atoms with van der Waals surface area (Å²) in [6, 6.07) is 0.824. The predicted octanol–water partition coefficient (Wildman–Crippen LogP) is 4.47. The van der Waals surface area contributed by atoms with Gasteiger partial charge in [0, 0.05) is 6.04 Å². The first kappa shape index (κ1) is 14.0. The number of likely N-dealkylation sites (tertiary alicyclic amines) is 1. The van der Waals surface area contributed by atoms with Crippen LogP contribution in [0, 0.1) is 5.92 Å². The van der Waals surface area contributed by atoms with Crippen LogP contribution in [0.4, 0.5) is 0 Å². The summed E-state index contributed by atoms with van der Waals surface area (Å²) in [6.07, 6.45) is 11.4. The smallest absolute Gasteiger partial charge is 0.00669 e. The van der Waals surface area contributed by atoms with E-state index < -0.39 is 0 Å². The molecule has 0 radical (unpaired) electrons. The number of rotatable bonds is 6. The molecule has 1 nitrogen and oxygen atoms in total. The van der Waals surface area contributed by atoms with Crippen LogP contribution in [-0.2, 0) is 0 Å². The van der Waals surface area contributed by atoms with Crippen molar-refractivity contribution in [1.82, 2.24) is 4.90 Å². The highest BCUT2D eigenvalue weighted by atomic mass is 15.1. The van der Waals surface area contributed by atoms with Crippen molar-refractivity contribution in [3.05, 3.63) is 0 Å². The Kier molecular flexibility index (Phi) is 7.11. The third-order valence-corrected chi connectivity index (χ3v) is 3.92. The van der Waals surface area contributed by atoms with Crippen molar-refractivity contribution in [2.24, 2.45) is 5.92 Å². The molecule has 1 saturated heterocycles. The van der Waals surface area contributed by atoms with Crippen LogP contribution in [0.3, 0.4) is 0 Å². The van der Waals surface area contributed by atoms with Crippen molar-refractivity contribution in [3.63, 3.8) is 0 Å². The second kappa shape index (κ2) is 8.11. The van der Waals surface area contributed by atoms with E-state index in [2.05, 4.69) is 25.7 Å². The molecule has 0 bridgehead atoms. The summed E-state index contributed by atoms with van der Waals surface area (Å²) in [5, 5.41) is 0. The average molecular weight is 225 g/mol. The van der Waals surface area contributed by atoms with E-state index in [1.54, 1.807) is 0 Å². The highest BCUT2D eigenvalue weighted by Crippen LogP contribution is 2.17. The van der Waals surface area contributed by atoms with Gasteiger partial charge in [-0.1, -0.05) is 46.0 Å². The molecule has 1 aliphatic rings. The van der Waals surface area contributed by atoms with Gasteiger partial charge >= 0.3 is 0 Å². The summed E-state index contributed by atoms with van der Waals surface area (Å²) in [5.41, 5.74) is 0. The summed E-state index contributed by atoms with van der Waals surface area (Å²) in [5.74, 6) is 0.883. The standard InChI is InChI=1S/C15H31N/c1-14(2)10-6-7-11-15(3)16-12-8-4-5-9-13-16/h14-15H,4-13H2,1-3H3. The van der Waals surface area contributed by atoms with Gasteiger partial charge in [0.15, 0.2) is 0 Å². The molecule has 1 fully saturated rings. The van der Waals surface area contributed by atoms with Crippen molar-refractivity contribution in [2.45, 2.75) is 78.2 Å². The van der Waals surface area contributed by atoms with E-state index in [0.717, 1.165) is 12.0 Å². The fraction of sp³-hybridized carbons (Fsp3) is 1.00. The first-order valence-electron chi connectivity index (χ1n) is 7.44. The maximum Gasteiger partial charge on any atom is 0.00669 e. The van der Waals surface area contributed by atoms with E-state index in [0.29, 0.717) is 0 Å². The summed E-state index contributed by atoms with van der Waals surface area (Å²) in [6.45, 7) is 9.80. The molecule has 1 rings (SSSR count). The monoisotopic (exact) mass is 225 g/mol. The third-order valence-electron chi connectivity index (χ3n) is 3.92. The third kappa shape index (κ3) is 5.89. The fourth-order valence-electron chi connectivity index (χ4n) is 2.71. The minimum absolute atomic E-state index is 0.824. The van der Waals surface area contributed by atoms with E-state index in [1.807, 2.05) is 0 Å². The van der Waals surface area contributed by atoms with Crippen LogP contribution >= 0.6 is 0 Å². The fourth-order valence-corrected chi connectivity index (χ4v) is 2.71. The maximum absolute atomic E-state index is 2.72. The van der Waals surface area contributed by atoms with Gasteiger partial charge in [0.25, 0.3) is 0 Å². The minimum atomic E-state index is 0.824.